The Bertz CT molecular complexity index is 1020. The maximum Gasteiger partial charge on any atom is 0.190 e. The first-order valence-electron chi connectivity index (χ1n) is 9.76. The average Bonchev–Trinajstić information content (AvgIpc) is 3.15. The largest absolute Gasteiger partial charge is 0.467 e. The van der Waals surface area contributed by atoms with E-state index in [1.165, 1.54) is 23.1 Å². The summed E-state index contributed by atoms with van der Waals surface area (Å²) in [6.07, 6.45) is 3.57. The van der Waals surface area contributed by atoms with Crippen LogP contribution in [0.5, 0.6) is 5.75 Å². The molecule has 2 aromatic carbocycles. The highest BCUT2D eigenvalue weighted by Gasteiger charge is 2.16. The predicted octanol–water partition coefficient (Wildman–Crippen LogP) is 3.74. The molecule has 8 heteroatoms. The standard InChI is InChI=1S/C22H25FN4O2.HI/c1-24-22(26-9-7-16-12-27-20-5-3-2-4-19(16)20)25-8-6-15-10-18(23)11-17-13-28-14-29-21(15)17;/h2-5,10-12,27H,6-9,13-14H2,1H3,(H2,24,25,26);1H. The first-order valence-corrected chi connectivity index (χ1v) is 9.76. The first kappa shape index (κ1) is 22.4. The molecular weight excluding hydrogens is 498 g/mol. The summed E-state index contributed by atoms with van der Waals surface area (Å²) in [6, 6.07) is 11.3. The van der Waals surface area contributed by atoms with Crippen molar-refractivity contribution >= 4 is 40.8 Å². The van der Waals surface area contributed by atoms with Gasteiger partial charge in [-0.05, 0) is 42.2 Å². The van der Waals surface area contributed by atoms with Crippen molar-refractivity contribution < 1.29 is 13.9 Å². The van der Waals surface area contributed by atoms with Crippen LogP contribution in [0.2, 0.25) is 0 Å². The van der Waals surface area contributed by atoms with E-state index in [4.69, 9.17) is 9.47 Å². The van der Waals surface area contributed by atoms with Gasteiger partial charge in [-0.25, -0.2) is 4.39 Å². The van der Waals surface area contributed by atoms with E-state index in [9.17, 15) is 4.39 Å². The molecule has 6 nitrogen and oxygen atoms in total. The maximum absolute atomic E-state index is 13.8. The molecule has 0 bridgehead atoms. The zero-order valence-corrected chi connectivity index (χ0v) is 19.2. The summed E-state index contributed by atoms with van der Waals surface area (Å²) in [5.41, 5.74) is 4.02. The molecule has 3 N–H and O–H groups in total. The topological polar surface area (TPSA) is 70.7 Å². The van der Waals surface area contributed by atoms with Gasteiger partial charge in [0.25, 0.3) is 0 Å². The number of hydrogen-bond donors (Lipinski definition) is 3. The molecule has 3 aromatic rings. The molecule has 0 atom stereocenters. The number of hydrogen-bond acceptors (Lipinski definition) is 3. The van der Waals surface area contributed by atoms with Crippen LogP contribution in [-0.4, -0.2) is 37.9 Å². The fourth-order valence-electron chi connectivity index (χ4n) is 3.63. The SMILES string of the molecule is CN=C(NCCc1cc(F)cc2c1OCOC2)NCCc1c[nH]c2ccccc12.I. The van der Waals surface area contributed by atoms with Crippen molar-refractivity contribution in [2.24, 2.45) is 4.99 Å². The number of aliphatic imine (C=N–C) groups is 1. The summed E-state index contributed by atoms with van der Waals surface area (Å²) in [5, 5.41) is 7.86. The van der Waals surface area contributed by atoms with E-state index in [2.05, 4.69) is 45.0 Å². The zero-order valence-electron chi connectivity index (χ0n) is 16.8. The number of aromatic amines is 1. The van der Waals surface area contributed by atoms with Crippen molar-refractivity contribution in [3.8, 4) is 5.75 Å². The third kappa shape index (κ3) is 5.23. The Labute approximate surface area is 192 Å². The number of nitrogens with zero attached hydrogens (tertiary/aromatic N) is 1. The van der Waals surface area contributed by atoms with Crippen molar-refractivity contribution in [1.82, 2.24) is 15.6 Å². The van der Waals surface area contributed by atoms with Gasteiger partial charge in [-0.15, -0.1) is 24.0 Å². The smallest absolute Gasteiger partial charge is 0.190 e. The zero-order chi connectivity index (χ0) is 20.1. The summed E-state index contributed by atoms with van der Waals surface area (Å²) >= 11 is 0. The molecular formula is C22H26FIN4O2. The lowest BCUT2D eigenvalue weighted by atomic mass is 10.1. The van der Waals surface area contributed by atoms with E-state index in [-0.39, 0.29) is 36.6 Å². The summed E-state index contributed by atoms with van der Waals surface area (Å²) in [7, 11) is 1.74. The third-order valence-corrected chi connectivity index (χ3v) is 5.02. The minimum absolute atomic E-state index is 0. The van der Waals surface area contributed by atoms with Crippen LogP contribution < -0.4 is 15.4 Å². The Hall–Kier alpha value is -2.33. The second-order valence-corrected chi connectivity index (χ2v) is 6.95. The normalized spacial score (nSPS) is 13.3. The van der Waals surface area contributed by atoms with Crippen LogP contribution in [0.3, 0.4) is 0 Å². The van der Waals surface area contributed by atoms with Crippen LogP contribution in [-0.2, 0) is 24.2 Å². The van der Waals surface area contributed by atoms with Gasteiger partial charge >= 0.3 is 0 Å². The number of ether oxygens (including phenoxy) is 2. The van der Waals surface area contributed by atoms with Crippen molar-refractivity contribution in [3.05, 3.63) is 65.1 Å². The molecule has 0 saturated carbocycles. The van der Waals surface area contributed by atoms with Crippen LogP contribution in [0.15, 0.2) is 47.6 Å². The van der Waals surface area contributed by atoms with Gasteiger partial charge in [0.05, 0.1) is 6.61 Å². The second kappa shape index (κ2) is 10.6. The van der Waals surface area contributed by atoms with Gasteiger partial charge in [0.1, 0.15) is 11.6 Å². The van der Waals surface area contributed by atoms with Crippen molar-refractivity contribution in [2.45, 2.75) is 19.4 Å². The number of guanidine groups is 1. The highest BCUT2D eigenvalue weighted by molar-refractivity contribution is 14.0. The van der Waals surface area contributed by atoms with Gasteiger partial charge in [0.2, 0.25) is 0 Å². The van der Waals surface area contributed by atoms with E-state index in [0.29, 0.717) is 19.6 Å². The number of para-hydroxylation sites is 1. The molecule has 2 heterocycles. The van der Waals surface area contributed by atoms with Crippen LogP contribution in [0.4, 0.5) is 4.39 Å². The van der Waals surface area contributed by atoms with Crippen LogP contribution in [0.1, 0.15) is 16.7 Å². The number of rotatable bonds is 6. The molecule has 160 valence electrons. The number of benzene rings is 2. The molecule has 30 heavy (non-hydrogen) atoms. The van der Waals surface area contributed by atoms with Crippen molar-refractivity contribution in [2.75, 3.05) is 26.9 Å². The molecule has 0 fully saturated rings. The molecule has 1 aromatic heterocycles. The lowest BCUT2D eigenvalue weighted by Crippen LogP contribution is -2.39. The fraction of sp³-hybridized carbons (Fsp3) is 0.318. The molecule has 0 radical (unpaired) electrons. The number of H-pyrrole nitrogens is 1. The van der Waals surface area contributed by atoms with Gasteiger partial charge in [-0.2, -0.15) is 0 Å². The molecule has 1 aliphatic rings. The van der Waals surface area contributed by atoms with Gasteiger partial charge in [-0.3, -0.25) is 4.99 Å². The Balaban J connectivity index is 0.00000256. The van der Waals surface area contributed by atoms with Gasteiger partial charge in [-0.1, -0.05) is 18.2 Å². The van der Waals surface area contributed by atoms with E-state index >= 15 is 0 Å². The maximum atomic E-state index is 13.8. The minimum atomic E-state index is -0.269. The Kier molecular flexibility index (Phi) is 7.92. The van der Waals surface area contributed by atoms with E-state index < -0.39 is 0 Å². The third-order valence-electron chi connectivity index (χ3n) is 5.02. The minimum Gasteiger partial charge on any atom is -0.467 e. The Morgan fingerprint density at radius 2 is 1.90 bits per heavy atom. The van der Waals surface area contributed by atoms with Crippen LogP contribution >= 0.6 is 24.0 Å². The summed E-state index contributed by atoms with van der Waals surface area (Å²) in [5.74, 6) is 1.19. The van der Waals surface area contributed by atoms with Crippen molar-refractivity contribution in [1.29, 1.82) is 0 Å². The number of halogens is 2. The Morgan fingerprint density at radius 1 is 1.13 bits per heavy atom. The van der Waals surface area contributed by atoms with Crippen molar-refractivity contribution in [3.63, 3.8) is 0 Å². The van der Waals surface area contributed by atoms with Crippen LogP contribution in [0, 0.1) is 5.82 Å². The number of aromatic nitrogens is 1. The number of nitrogens with one attached hydrogen (secondary N) is 3. The molecule has 4 rings (SSSR count). The monoisotopic (exact) mass is 524 g/mol. The second-order valence-electron chi connectivity index (χ2n) is 6.95. The van der Waals surface area contributed by atoms with Gasteiger partial charge in [0.15, 0.2) is 12.8 Å². The fourth-order valence-corrected chi connectivity index (χ4v) is 3.63. The average molecular weight is 524 g/mol. The molecule has 1 aliphatic heterocycles. The number of fused-ring (bicyclic) bond motifs is 2. The molecule has 0 spiro atoms. The van der Waals surface area contributed by atoms with E-state index in [1.54, 1.807) is 7.05 Å². The van der Waals surface area contributed by atoms with Gasteiger partial charge in [0, 0.05) is 42.8 Å². The Morgan fingerprint density at radius 3 is 2.70 bits per heavy atom. The highest BCUT2D eigenvalue weighted by Crippen LogP contribution is 2.29. The molecule has 0 aliphatic carbocycles. The van der Waals surface area contributed by atoms with E-state index in [0.717, 1.165) is 41.3 Å². The summed E-state index contributed by atoms with van der Waals surface area (Å²) in [4.78, 5) is 7.56. The quantitative estimate of drug-likeness (QED) is 0.261. The summed E-state index contributed by atoms with van der Waals surface area (Å²) in [6.45, 7) is 1.96. The molecule has 0 saturated heterocycles. The summed E-state index contributed by atoms with van der Waals surface area (Å²) < 4.78 is 24.7. The first-order chi connectivity index (χ1) is 14.2. The predicted molar refractivity (Wildman–Crippen MR) is 127 cm³/mol. The lowest BCUT2D eigenvalue weighted by molar-refractivity contribution is -0.0172. The highest BCUT2D eigenvalue weighted by atomic mass is 127. The molecule has 0 amide bonds. The lowest BCUT2D eigenvalue weighted by Gasteiger charge is -2.21. The van der Waals surface area contributed by atoms with E-state index in [1.807, 2.05) is 6.07 Å². The van der Waals surface area contributed by atoms with Gasteiger partial charge < -0.3 is 25.1 Å². The molecule has 0 unspecified atom stereocenters. The van der Waals surface area contributed by atoms with Crippen LogP contribution in [0.25, 0.3) is 10.9 Å².